The fraction of sp³-hybridized carbons (Fsp3) is 0.312. The second kappa shape index (κ2) is 7.63. The minimum absolute atomic E-state index is 0.0979. The van der Waals surface area contributed by atoms with Gasteiger partial charge in [0.1, 0.15) is 10.8 Å². The minimum atomic E-state index is 0.0979. The molecule has 0 spiro atoms. The van der Waals surface area contributed by atoms with Crippen LogP contribution in [0.25, 0.3) is 11.3 Å². The highest BCUT2D eigenvalue weighted by atomic mass is 32.1. The lowest BCUT2D eigenvalue weighted by Gasteiger charge is -2.08. The maximum atomic E-state index is 5.05. The molecule has 5 nitrogen and oxygen atoms in total. The van der Waals surface area contributed by atoms with Gasteiger partial charge in [-0.1, -0.05) is 30.3 Å². The lowest BCUT2D eigenvalue weighted by molar-refractivity contribution is 0.201. The molecule has 0 aliphatic carbocycles. The topological polar surface area (TPSA) is 59.9 Å². The summed E-state index contributed by atoms with van der Waals surface area (Å²) in [6.07, 6.45) is 0.735. The number of methoxy groups -OCH3 is 1. The highest BCUT2D eigenvalue weighted by Crippen LogP contribution is 2.27. The molecule has 1 aromatic carbocycles. The van der Waals surface area contributed by atoms with E-state index >= 15 is 0 Å². The molecule has 0 aliphatic rings. The van der Waals surface area contributed by atoms with Gasteiger partial charge in [0.15, 0.2) is 0 Å². The molecule has 1 N–H and O–H groups in total. The summed E-state index contributed by atoms with van der Waals surface area (Å²) in [5.41, 5.74) is 2.15. The Hall–Kier alpha value is -1.83. The average Bonchev–Trinajstić information content (AvgIpc) is 3.23. The zero-order valence-electron chi connectivity index (χ0n) is 13.0. The van der Waals surface area contributed by atoms with E-state index in [9.17, 15) is 0 Å². The molecule has 0 aliphatic heterocycles. The van der Waals surface area contributed by atoms with Crippen LogP contribution >= 0.6 is 22.9 Å². The van der Waals surface area contributed by atoms with Gasteiger partial charge in [-0.05, 0) is 6.92 Å². The maximum absolute atomic E-state index is 5.05. The average molecular weight is 346 g/mol. The summed E-state index contributed by atoms with van der Waals surface area (Å²) >= 11 is 3.03. The van der Waals surface area contributed by atoms with Gasteiger partial charge < -0.3 is 10.1 Å². The van der Waals surface area contributed by atoms with Crippen LogP contribution in [-0.4, -0.2) is 28.1 Å². The largest absolute Gasteiger partial charge is 0.384 e. The summed E-state index contributed by atoms with van der Waals surface area (Å²) in [6.45, 7) is 2.72. The molecule has 0 bridgehead atoms. The highest BCUT2D eigenvalue weighted by Gasteiger charge is 2.13. The molecule has 0 amide bonds. The van der Waals surface area contributed by atoms with Crippen LogP contribution in [0.15, 0.2) is 35.7 Å². The predicted octanol–water partition coefficient (Wildman–Crippen LogP) is 4.02. The molecule has 7 heteroatoms. The van der Waals surface area contributed by atoms with Crippen molar-refractivity contribution in [3.8, 4) is 11.3 Å². The predicted molar refractivity (Wildman–Crippen MR) is 95.1 cm³/mol. The fourth-order valence-electron chi connectivity index (χ4n) is 2.08. The van der Waals surface area contributed by atoms with E-state index in [1.807, 2.05) is 18.2 Å². The van der Waals surface area contributed by atoms with Gasteiger partial charge in [-0.3, -0.25) is 0 Å². The minimum Gasteiger partial charge on any atom is -0.384 e. The summed E-state index contributed by atoms with van der Waals surface area (Å²) in [5, 5.41) is 7.32. The van der Waals surface area contributed by atoms with Crippen LogP contribution in [-0.2, 0) is 11.2 Å². The van der Waals surface area contributed by atoms with Gasteiger partial charge in [-0.25, -0.2) is 9.97 Å². The van der Waals surface area contributed by atoms with E-state index < -0.39 is 0 Å². The molecule has 3 aromatic rings. The van der Waals surface area contributed by atoms with Crippen molar-refractivity contribution in [3.63, 3.8) is 0 Å². The normalized spacial score (nSPS) is 12.3. The number of hydrogen-bond donors (Lipinski definition) is 1. The van der Waals surface area contributed by atoms with Crippen molar-refractivity contribution in [3.05, 3.63) is 46.5 Å². The second-order valence-corrected chi connectivity index (χ2v) is 6.70. The van der Waals surface area contributed by atoms with Crippen LogP contribution in [0.1, 0.15) is 23.8 Å². The summed E-state index contributed by atoms with van der Waals surface area (Å²) < 4.78 is 9.37. The molecular weight excluding hydrogens is 328 g/mol. The number of aromatic nitrogens is 3. The van der Waals surface area contributed by atoms with Crippen LogP contribution in [0.4, 0.5) is 5.13 Å². The van der Waals surface area contributed by atoms with Crippen LogP contribution in [0.3, 0.4) is 0 Å². The van der Waals surface area contributed by atoms with E-state index in [0.717, 1.165) is 33.6 Å². The van der Waals surface area contributed by atoms with Crippen LogP contribution in [0.5, 0.6) is 0 Å². The van der Waals surface area contributed by atoms with E-state index in [4.69, 9.17) is 9.72 Å². The van der Waals surface area contributed by atoms with Crippen molar-refractivity contribution in [2.75, 3.05) is 19.0 Å². The van der Waals surface area contributed by atoms with Gasteiger partial charge in [0.2, 0.25) is 5.13 Å². The van der Waals surface area contributed by atoms with E-state index in [0.29, 0.717) is 6.61 Å². The van der Waals surface area contributed by atoms with Gasteiger partial charge in [0, 0.05) is 36.0 Å². The van der Waals surface area contributed by atoms with Crippen molar-refractivity contribution >= 4 is 28.0 Å². The Labute approximate surface area is 143 Å². The van der Waals surface area contributed by atoms with Gasteiger partial charge in [0.05, 0.1) is 18.3 Å². The van der Waals surface area contributed by atoms with Crippen molar-refractivity contribution in [2.45, 2.75) is 19.4 Å². The highest BCUT2D eigenvalue weighted by molar-refractivity contribution is 7.10. The Morgan fingerprint density at radius 2 is 2.04 bits per heavy atom. The second-order valence-electron chi connectivity index (χ2n) is 5.06. The molecule has 120 valence electrons. The molecule has 2 aromatic heterocycles. The Balaban J connectivity index is 1.65. The number of nitrogens with one attached hydrogen (secondary N) is 1. The van der Waals surface area contributed by atoms with Crippen molar-refractivity contribution in [1.82, 2.24) is 14.3 Å². The molecule has 1 atom stereocenters. The number of anilines is 1. The Morgan fingerprint density at radius 3 is 2.83 bits per heavy atom. The number of rotatable bonds is 7. The summed E-state index contributed by atoms with van der Waals surface area (Å²) in [4.78, 5) is 9.20. The number of nitrogens with zero attached hydrogens (tertiary/aromatic N) is 3. The maximum Gasteiger partial charge on any atom is 0.203 e. The van der Waals surface area contributed by atoms with Crippen molar-refractivity contribution in [1.29, 1.82) is 0 Å². The first-order valence-corrected chi connectivity index (χ1v) is 9.00. The molecule has 0 fully saturated rings. The Morgan fingerprint density at radius 1 is 1.22 bits per heavy atom. The molecule has 1 unspecified atom stereocenters. The van der Waals surface area contributed by atoms with Crippen molar-refractivity contribution in [2.24, 2.45) is 0 Å². The van der Waals surface area contributed by atoms with Gasteiger partial charge in [-0.2, -0.15) is 4.37 Å². The van der Waals surface area contributed by atoms with Gasteiger partial charge in [0.25, 0.3) is 0 Å². The van der Waals surface area contributed by atoms with E-state index in [1.165, 1.54) is 11.5 Å². The van der Waals surface area contributed by atoms with Gasteiger partial charge in [-0.15, -0.1) is 11.3 Å². The summed E-state index contributed by atoms with van der Waals surface area (Å²) in [6, 6.07) is 10.3. The van der Waals surface area contributed by atoms with Gasteiger partial charge >= 0.3 is 0 Å². The third-order valence-corrected chi connectivity index (χ3v) is 5.01. The number of hydrogen-bond acceptors (Lipinski definition) is 7. The number of benzene rings is 1. The first kappa shape index (κ1) is 16.0. The molecule has 23 heavy (non-hydrogen) atoms. The monoisotopic (exact) mass is 346 g/mol. The summed E-state index contributed by atoms with van der Waals surface area (Å²) in [5.74, 6) is 0.815. The molecule has 0 radical (unpaired) electrons. The number of thiazole rings is 1. The molecule has 0 saturated heterocycles. The lowest BCUT2D eigenvalue weighted by Crippen LogP contribution is -2.06. The quantitative estimate of drug-likeness (QED) is 0.700. The zero-order chi connectivity index (χ0) is 16.1. The Kier molecular flexibility index (Phi) is 5.32. The molecule has 2 heterocycles. The SMILES string of the molecule is COCCc1nsc(NC(C)c2nc(-c3ccccc3)cs2)n1. The fourth-order valence-corrected chi connectivity index (χ4v) is 3.62. The van der Waals surface area contributed by atoms with E-state index in [1.54, 1.807) is 18.4 Å². The Bertz CT molecular complexity index is 741. The number of ether oxygens (including phenoxy) is 1. The first-order chi connectivity index (χ1) is 11.3. The third-order valence-electron chi connectivity index (χ3n) is 3.30. The summed E-state index contributed by atoms with van der Waals surface area (Å²) in [7, 11) is 1.68. The molecular formula is C16H18N4OS2. The van der Waals surface area contributed by atoms with E-state index in [-0.39, 0.29) is 6.04 Å². The van der Waals surface area contributed by atoms with Crippen molar-refractivity contribution < 1.29 is 4.74 Å². The third kappa shape index (κ3) is 4.13. The first-order valence-electron chi connectivity index (χ1n) is 7.35. The smallest absolute Gasteiger partial charge is 0.203 e. The van der Waals surface area contributed by atoms with E-state index in [2.05, 4.69) is 39.1 Å². The van der Waals surface area contributed by atoms with Crippen LogP contribution in [0.2, 0.25) is 0 Å². The van der Waals surface area contributed by atoms with Crippen LogP contribution < -0.4 is 5.32 Å². The lowest BCUT2D eigenvalue weighted by atomic mass is 10.2. The standard InChI is InChI=1S/C16H18N4OS2/c1-11(17-16-19-14(20-23-16)8-9-21-2)15-18-13(10-22-15)12-6-4-3-5-7-12/h3-7,10-11H,8-9H2,1-2H3,(H,17,19,20). The zero-order valence-corrected chi connectivity index (χ0v) is 14.7. The molecule has 3 rings (SSSR count). The van der Waals surface area contributed by atoms with Crippen LogP contribution in [0, 0.1) is 0 Å². The molecule has 0 saturated carbocycles.